The van der Waals surface area contributed by atoms with Gasteiger partial charge in [-0.3, -0.25) is 9.59 Å². The molecule has 0 spiro atoms. The SMILES string of the molecule is Cc1ccc(-c2ncc(C(=O)N(CCO)CC(C)C)c(=O)[nH]2)cc1. The number of aliphatic hydroxyl groups excluding tert-OH is 1. The van der Waals surface area contributed by atoms with E-state index >= 15 is 0 Å². The van der Waals surface area contributed by atoms with Gasteiger partial charge in [0, 0.05) is 24.8 Å². The van der Waals surface area contributed by atoms with E-state index in [0.29, 0.717) is 12.4 Å². The Kier molecular flexibility index (Phi) is 5.87. The number of carbonyl (C=O) groups is 1. The van der Waals surface area contributed by atoms with Crippen LogP contribution in [0.15, 0.2) is 35.3 Å². The number of nitrogens with zero attached hydrogens (tertiary/aromatic N) is 2. The Morgan fingerprint density at radius 3 is 2.50 bits per heavy atom. The maximum absolute atomic E-state index is 12.5. The van der Waals surface area contributed by atoms with Crippen LogP contribution in [0, 0.1) is 12.8 Å². The normalized spacial score (nSPS) is 10.9. The Bertz CT molecular complexity index is 751. The molecular formula is C18H23N3O3. The van der Waals surface area contributed by atoms with Gasteiger partial charge in [-0.25, -0.2) is 4.98 Å². The summed E-state index contributed by atoms with van der Waals surface area (Å²) >= 11 is 0. The maximum atomic E-state index is 12.5. The van der Waals surface area contributed by atoms with Crippen molar-refractivity contribution in [2.75, 3.05) is 19.7 Å². The number of nitrogens with one attached hydrogen (secondary N) is 1. The van der Waals surface area contributed by atoms with Gasteiger partial charge in [-0.1, -0.05) is 43.7 Å². The number of aliphatic hydroxyl groups is 1. The van der Waals surface area contributed by atoms with Crippen molar-refractivity contribution in [1.82, 2.24) is 14.9 Å². The summed E-state index contributed by atoms with van der Waals surface area (Å²) < 4.78 is 0. The molecule has 1 aromatic heterocycles. The van der Waals surface area contributed by atoms with Crippen LogP contribution in [0.3, 0.4) is 0 Å². The quantitative estimate of drug-likeness (QED) is 0.846. The zero-order chi connectivity index (χ0) is 17.7. The number of aromatic nitrogens is 2. The molecule has 0 bridgehead atoms. The van der Waals surface area contributed by atoms with Crippen LogP contribution in [0.4, 0.5) is 0 Å². The van der Waals surface area contributed by atoms with Gasteiger partial charge in [-0.15, -0.1) is 0 Å². The standard InChI is InChI=1S/C18H23N3O3/c1-12(2)11-21(8-9-22)18(24)15-10-19-16(20-17(15)23)14-6-4-13(3)5-7-14/h4-7,10,12,22H,8-9,11H2,1-3H3,(H,19,20,23). The van der Waals surface area contributed by atoms with Crippen molar-refractivity contribution in [1.29, 1.82) is 0 Å². The number of hydrogen-bond acceptors (Lipinski definition) is 4. The lowest BCUT2D eigenvalue weighted by atomic mass is 10.1. The van der Waals surface area contributed by atoms with Gasteiger partial charge in [0.15, 0.2) is 0 Å². The summed E-state index contributed by atoms with van der Waals surface area (Å²) in [7, 11) is 0. The summed E-state index contributed by atoms with van der Waals surface area (Å²) in [4.78, 5) is 33.2. The fraction of sp³-hybridized carbons (Fsp3) is 0.389. The van der Waals surface area contributed by atoms with Crippen molar-refractivity contribution in [3.05, 3.63) is 51.9 Å². The number of H-pyrrole nitrogens is 1. The number of carbonyl (C=O) groups excluding carboxylic acids is 1. The molecule has 0 saturated heterocycles. The highest BCUT2D eigenvalue weighted by atomic mass is 16.3. The van der Waals surface area contributed by atoms with E-state index in [1.807, 2.05) is 45.0 Å². The van der Waals surface area contributed by atoms with E-state index in [1.54, 1.807) is 0 Å². The third kappa shape index (κ3) is 4.29. The molecule has 1 heterocycles. The molecule has 6 nitrogen and oxygen atoms in total. The van der Waals surface area contributed by atoms with Crippen LogP contribution in [0.2, 0.25) is 0 Å². The molecule has 0 unspecified atom stereocenters. The maximum Gasteiger partial charge on any atom is 0.264 e. The Balaban J connectivity index is 2.29. The molecule has 0 radical (unpaired) electrons. The van der Waals surface area contributed by atoms with E-state index in [1.165, 1.54) is 11.1 Å². The molecule has 0 aliphatic rings. The first-order valence-electron chi connectivity index (χ1n) is 7.99. The molecule has 24 heavy (non-hydrogen) atoms. The second kappa shape index (κ2) is 7.88. The van der Waals surface area contributed by atoms with Crippen molar-refractivity contribution in [2.24, 2.45) is 5.92 Å². The Morgan fingerprint density at radius 1 is 1.29 bits per heavy atom. The third-order valence-electron chi connectivity index (χ3n) is 3.60. The number of hydrogen-bond donors (Lipinski definition) is 2. The Morgan fingerprint density at radius 2 is 1.96 bits per heavy atom. The molecule has 0 aliphatic carbocycles. The zero-order valence-electron chi connectivity index (χ0n) is 14.2. The molecule has 0 atom stereocenters. The molecule has 1 amide bonds. The summed E-state index contributed by atoms with van der Waals surface area (Å²) in [6.45, 7) is 6.44. The van der Waals surface area contributed by atoms with Crippen LogP contribution < -0.4 is 5.56 Å². The summed E-state index contributed by atoms with van der Waals surface area (Å²) in [5, 5.41) is 9.13. The minimum absolute atomic E-state index is 0.0139. The van der Waals surface area contributed by atoms with E-state index in [0.717, 1.165) is 11.1 Å². The fourth-order valence-corrected chi connectivity index (χ4v) is 2.41. The Labute approximate surface area is 141 Å². The van der Waals surface area contributed by atoms with Gasteiger partial charge >= 0.3 is 0 Å². The first kappa shape index (κ1) is 17.9. The van der Waals surface area contributed by atoms with Crippen LogP contribution in [0.5, 0.6) is 0 Å². The second-order valence-electron chi connectivity index (χ2n) is 6.21. The fourth-order valence-electron chi connectivity index (χ4n) is 2.41. The number of rotatable bonds is 6. The average molecular weight is 329 g/mol. The first-order valence-corrected chi connectivity index (χ1v) is 7.99. The van der Waals surface area contributed by atoms with Crippen LogP contribution in [-0.2, 0) is 0 Å². The molecule has 0 saturated carbocycles. The molecule has 2 aromatic rings. The third-order valence-corrected chi connectivity index (χ3v) is 3.60. The predicted molar refractivity (Wildman–Crippen MR) is 92.9 cm³/mol. The second-order valence-corrected chi connectivity index (χ2v) is 6.21. The van der Waals surface area contributed by atoms with E-state index in [-0.39, 0.29) is 24.6 Å². The van der Waals surface area contributed by atoms with Crippen LogP contribution in [0.25, 0.3) is 11.4 Å². The molecular weight excluding hydrogens is 306 g/mol. The summed E-state index contributed by atoms with van der Waals surface area (Å²) in [6, 6.07) is 7.60. The molecule has 0 fully saturated rings. The summed E-state index contributed by atoms with van der Waals surface area (Å²) in [6.07, 6.45) is 1.31. The number of benzene rings is 1. The smallest absolute Gasteiger partial charge is 0.264 e. The lowest BCUT2D eigenvalue weighted by molar-refractivity contribution is 0.0698. The van der Waals surface area contributed by atoms with Crippen molar-refractivity contribution in [3.8, 4) is 11.4 Å². The van der Waals surface area contributed by atoms with Gasteiger partial charge < -0.3 is 15.0 Å². The van der Waals surface area contributed by atoms with Crippen molar-refractivity contribution in [2.45, 2.75) is 20.8 Å². The van der Waals surface area contributed by atoms with E-state index in [4.69, 9.17) is 5.11 Å². The number of aryl methyl sites for hydroxylation is 1. The van der Waals surface area contributed by atoms with Crippen molar-refractivity contribution in [3.63, 3.8) is 0 Å². The average Bonchev–Trinajstić information content (AvgIpc) is 2.54. The molecule has 6 heteroatoms. The van der Waals surface area contributed by atoms with Gasteiger partial charge in [0.25, 0.3) is 11.5 Å². The van der Waals surface area contributed by atoms with E-state index in [2.05, 4.69) is 9.97 Å². The largest absolute Gasteiger partial charge is 0.395 e. The van der Waals surface area contributed by atoms with Crippen LogP contribution in [-0.4, -0.2) is 45.6 Å². The predicted octanol–water partition coefficient (Wildman–Crippen LogP) is 1.84. The monoisotopic (exact) mass is 329 g/mol. The summed E-state index contributed by atoms with van der Waals surface area (Å²) in [5.74, 6) is 0.246. The number of aromatic amines is 1. The highest BCUT2D eigenvalue weighted by molar-refractivity contribution is 5.93. The first-order chi connectivity index (χ1) is 11.4. The number of amides is 1. The zero-order valence-corrected chi connectivity index (χ0v) is 14.2. The minimum Gasteiger partial charge on any atom is -0.395 e. The highest BCUT2D eigenvalue weighted by Gasteiger charge is 2.20. The summed E-state index contributed by atoms with van der Waals surface area (Å²) in [5.41, 5.74) is 1.41. The lowest BCUT2D eigenvalue weighted by Gasteiger charge is -2.23. The van der Waals surface area contributed by atoms with Crippen LogP contribution >= 0.6 is 0 Å². The topological polar surface area (TPSA) is 86.3 Å². The minimum atomic E-state index is -0.475. The molecule has 128 valence electrons. The van der Waals surface area contributed by atoms with Gasteiger partial charge in [0.2, 0.25) is 0 Å². The van der Waals surface area contributed by atoms with Gasteiger partial charge in [-0.05, 0) is 12.8 Å². The lowest BCUT2D eigenvalue weighted by Crippen LogP contribution is -2.39. The van der Waals surface area contributed by atoms with E-state index in [9.17, 15) is 9.59 Å². The van der Waals surface area contributed by atoms with Crippen molar-refractivity contribution >= 4 is 5.91 Å². The van der Waals surface area contributed by atoms with E-state index < -0.39 is 11.5 Å². The van der Waals surface area contributed by atoms with Crippen molar-refractivity contribution < 1.29 is 9.90 Å². The van der Waals surface area contributed by atoms with Gasteiger partial charge in [0.1, 0.15) is 11.4 Å². The molecule has 2 rings (SSSR count). The van der Waals surface area contributed by atoms with Gasteiger partial charge in [0.05, 0.1) is 6.61 Å². The highest BCUT2D eigenvalue weighted by Crippen LogP contribution is 2.14. The van der Waals surface area contributed by atoms with Crippen LogP contribution in [0.1, 0.15) is 29.8 Å². The Hall–Kier alpha value is -2.47. The molecule has 0 aliphatic heterocycles. The molecule has 2 N–H and O–H groups in total. The molecule has 1 aromatic carbocycles. The van der Waals surface area contributed by atoms with Gasteiger partial charge in [-0.2, -0.15) is 0 Å².